The van der Waals surface area contributed by atoms with Crippen LogP contribution in [0.25, 0.3) is 0 Å². The zero-order valence-electron chi connectivity index (χ0n) is 15.7. The van der Waals surface area contributed by atoms with Crippen LogP contribution in [0.2, 0.25) is 18.1 Å². The van der Waals surface area contributed by atoms with Gasteiger partial charge in [-0.1, -0.05) is 19.9 Å². The van der Waals surface area contributed by atoms with Crippen LogP contribution in [0.3, 0.4) is 0 Å². The average Bonchev–Trinajstić information content (AvgIpc) is 3.29. The molecule has 1 aromatic rings. The maximum atomic E-state index is 11.3. The summed E-state index contributed by atoms with van der Waals surface area (Å²) in [6.07, 6.45) is 3.27. The van der Waals surface area contributed by atoms with Crippen molar-refractivity contribution in [2.45, 2.75) is 64.1 Å². The predicted octanol–water partition coefficient (Wildman–Crippen LogP) is 3.94. The third kappa shape index (κ3) is 4.39. The van der Waals surface area contributed by atoms with E-state index in [4.69, 9.17) is 4.74 Å². The monoisotopic (exact) mass is 350 g/mol. The van der Waals surface area contributed by atoms with Gasteiger partial charge in [0.05, 0.1) is 7.11 Å². The molecule has 1 aliphatic rings. The molecule has 134 valence electrons. The standard InChI is InChI=1S/C19H30O4Si/c1-13-9-15(11-19(2,3)24(5,6)21)16(14-7-8-14)10-17(13)23-12-18(20)22-4/h9-10,14,21H,7-8,11-12H2,1-6H3. The number of hydrogen-bond donors (Lipinski definition) is 1. The highest BCUT2D eigenvalue weighted by Gasteiger charge is 2.39. The summed E-state index contributed by atoms with van der Waals surface area (Å²) < 4.78 is 10.3. The quantitative estimate of drug-likeness (QED) is 0.598. The first-order chi connectivity index (χ1) is 11.0. The van der Waals surface area contributed by atoms with Gasteiger partial charge in [0, 0.05) is 0 Å². The summed E-state index contributed by atoms with van der Waals surface area (Å²) in [6.45, 7) is 10.3. The Morgan fingerprint density at radius 1 is 1.33 bits per heavy atom. The molecule has 0 aliphatic heterocycles. The van der Waals surface area contributed by atoms with E-state index < -0.39 is 8.32 Å². The molecule has 0 unspecified atom stereocenters. The first kappa shape index (κ1) is 19.0. The molecule has 0 bridgehead atoms. The lowest BCUT2D eigenvalue weighted by atomic mass is 9.92. The summed E-state index contributed by atoms with van der Waals surface area (Å²) >= 11 is 0. The Balaban J connectivity index is 2.29. The molecule has 0 heterocycles. The second-order valence-electron chi connectivity index (χ2n) is 8.08. The number of ether oxygens (including phenoxy) is 2. The summed E-state index contributed by atoms with van der Waals surface area (Å²) in [6, 6.07) is 4.26. The maximum absolute atomic E-state index is 11.3. The summed E-state index contributed by atoms with van der Waals surface area (Å²) in [7, 11) is -0.902. The molecule has 1 N–H and O–H groups in total. The Morgan fingerprint density at radius 2 is 1.96 bits per heavy atom. The number of esters is 1. The lowest BCUT2D eigenvalue weighted by Gasteiger charge is -2.36. The molecule has 0 saturated heterocycles. The fourth-order valence-electron chi connectivity index (χ4n) is 2.73. The Morgan fingerprint density at radius 3 is 2.46 bits per heavy atom. The van der Waals surface area contributed by atoms with Crippen LogP contribution in [0.4, 0.5) is 0 Å². The summed E-state index contributed by atoms with van der Waals surface area (Å²) in [5, 5.41) is -0.0997. The van der Waals surface area contributed by atoms with Crippen molar-refractivity contribution in [2.75, 3.05) is 13.7 Å². The van der Waals surface area contributed by atoms with Gasteiger partial charge in [0.15, 0.2) is 14.9 Å². The summed E-state index contributed by atoms with van der Waals surface area (Å²) in [4.78, 5) is 21.9. The number of carbonyl (C=O) groups excluding carboxylic acids is 1. The minimum Gasteiger partial charge on any atom is -0.482 e. The number of hydrogen-bond acceptors (Lipinski definition) is 4. The van der Waals surface area contributed by atoms with Gasteiger partial charge in [0.25, 0.3) is 0 Å². The molecule has 0 radical (unpaired) electrons. The topological polar surface area (TPSA) is 55.8 Å². The van der Waals surface area contributed by atoms with Gasteiger partial charge in [0.2, 0.25) is 0 Å². The molecule has 1 fully saturated rings. The highest BCUT2D eigenvalue weighted by molar-refractivity contribution is 6.72. The largest absolute Gasteiger partial charge is 0.482 e. The molecule has 1 aromatic carbocycles. The van der Waals surface area contributed by atoms with Gasteiger partial charge in [-0.2, -0.15) is 0 Å². The lowest BCUT2D eigenvalue weighted by molar-refractivity contribution is -0.142. The van der Waals surface area contributed by atoms with Crippen molar-refractivity contribution < 1.29 is 19.1 Å². The molecule has 0 atom stereocenters. The van der Waals surface area contributed by atoms with Gasteiger partial charge in [-0.15, -0.1) is 0 Å². The van der Waals surface area contributed by atoms with Crippen LogP contribution in [0.5, 0.6) is 5.75 Å². The molecular formula is C19H30O4Si. The van der Waals surface area contributed by atoms with Crippen molar-refractivity contribution >= 4 is 14.3 Å². The van der Waals surface area contributed by atoms with Crippen LogP contribution in [-0.2, 0) is 16.0 Å². The Hall–Kier alpha value is -1.33. The molecule has 1 saturated carbocycles. The molecule has 0 amide bonds. The summed E-state index contributed by atoms with van der Waals surface area (Å²) in [5.74, 6) is 0.963. The number of methoxy groups -OCH3 is 1. The van der Waals surface area contributed by atoms with Crippen LogP contribution in [0, 0.1) is 6.92 Å². The molecule has 4 nitrogen and oxygen atoms in total. The van der Waals surface area contributed by atoms with E-state index in [9.17, 15) is 9.59 Å². The van der Waals surface area contributed by atoms with Crippen LogP contribution < -0.4 is 4.74 Å². The molecule has 24 heavy (non-hydrogen) atoms. The van der Waals surface area contributed by atoms with E-state index in [2.05, 4.69) is 30.7 Å². The molecule has 2 rings (SSSR count). The van der Waals surface area contributed by atoms with Gasteiger partial charge in [-0.05, 0) is 73.0 Å². The first-order valence-corrected chi connectivity index (χ1v) is 11.6. The first-order valence-electron chi connectivity index (χ1n) is 8.60. The fourth-order valence-corrected chi connectivity index (χ4v) is 3.36. The van der Waals surface area contributed by atoms with Gasteiger partial charge in [0.1, 0.15) is 5.75 Å². The fraction of sp³-hybridized carbons (Fsp3) is 0.632. The van der Waals surface area contributed by atoms with E-state index in [-0.39, 0.29) is 17.6 Å². The highest BCUT2D eigenvalue weighted by Crippen LogP contribution is 2.47. The van der Waals surface area contributed by atoms with Crippen LogP contribution in [0.1, 0.15) is 49.3 Å². The van der Waals surface area contributed by atoms with Crippen molar-refractivity contribution in [3.8, 4) is 5.75 Å². The zero-order valence-corrected chi connectivity index (χ0v) is 16.7. The van der Waals surface area contributed by atoms with E-state index >= 15 is 0 Å². The van der Waals surface area contributed by atoms with E-state index in [1.807, 2.05) is 20.0 Å². The Kier molecular flexibility index (Phi) is 5.45. The molecule has 1 aliphatic carbocycles. The summed E-state index contributed by atoms with van der Waals surface area (Å²) in [5.41, 5.74) is 3.64. The van der Waals surface area contributed by atoms with Crippen LogP contribution in [-0.4, -0.2) is 32.8 Å². The van der Waals surface area contributed by atoms with Crippen molar-refractivity contribution in [1.29, 1.82) is 0 Å². The van der Waals surface area contributed by atoms with E-state index in [1.54, 1.807) is 0 Å². The van der Waals surface area contributed by atoms with Gasteiger partial charge in [-0.25, -0.2) is 4.79 Å². The van der Waals surface area contributed by atoms with Crippen LogP contribution >= 0.6 is 0 Å². The number of benzene rings is 1. The van der Waals surface area contributed by atoms with E-state index in [0.717, 1.165) is 17.7 Å². The SMILES string of the molecule is COC(=O)COc1cc(C2CC2)c(CC(C)(C)[Si](C)(C)O)cc1C. The second-order valence-corrected chi connectivity index (χ2v) is 12.5. The Labute approximate surface area is 146 Å². The van der Waals surface area contributed by atoms with Gasteiger partial charge in [-0.3, -0.25) is 0 Å². The second kappa shape index (κ2) is 6.88. The van der Waals surface area contributed by atoms with E-state index in [0.29, 0.717) is 5.92 Å². The average molecular weight is 351 g/mol. The highest BCUT2D eigenvalue weighted by atomic mass is 28.4. The molecule has 5 heteroatoms. The van der Waals surface area contributed by atoms with Gasteiger partial charge < -0.3 is 14.3 Å². The zero-order chi connectivity index (χ0) is 18.1. The third-order valence-corrected chi connectivity index (χ3v) is 8.80. The third-order valence-electron chi connectivity index (χ3n) is 5.32. The smallest absolute Gasteiger partial charge is 0.343 e. The number of rotatable bonds is 7. The minimum absolute atomic E-state index is 0.0666. The normalized spacial score (nSPS) is 15.3. The lowest BCUT2D eigenvalue weighted by Crippen LogP contribution is -2.40. The van der Waals surface area contributed by atoms with Crippen molar-refractivity contribution in [3.63, 3.8) is 0 Å². The molecular weight excluding hydrogens is 320 g/mol. The van der Waals surface area contributed by atoms with Crippen LogP contribution in [0.15, 0.2) is 12.1 Å². The number of carbonyl (C=O) groups is 1. The van der Waals surface area contributed by atoms with Crippen molar-refractivity contribution in [2.24, 2.45) is 0 Å². The molecule has 0 spiro atoms. The minimum atomic E-state index is -2.26. The van der Waals surface area contributed by atoms with Crippen molar-refractivity contribution in [1.82, 2.24) is 0 Å². The van der Waals surface area contributed by atoms with E-state index in [1.165, 1.54) is 31.1 Å². The number of aryl methyl sites for hydroxylation is 1. The van der Waals surface area contributed by atoms with Crippen molar-refractivity contribution in [3.05, 3.63) is 28.8 Å². The predicted molar refractivity (Wildman–Crippen MR) is 98.1 cm³/mol. The molecule has 0 aromatic heterocycles. The Bertz CT molecular complexity index is 613. The maximum Gasteiger partial charge on any atom is 0.343 e. The van der Waals surface area contributed by atoms with Gasteiger partial charge >= 0.3 is 5.97 Å².